The molecule has 0 aliphatic carbocycles. The summed E-state index contributed by atoms with van der Waals surface area (Å²) in [6.45, 7) is 4.92. The molecule has 0 aromatic carbocycles. The quantitative estimate of drug-likeness (QED) is 0.762. The minimum Gasteiger partial charge on any atom is -0.383 e. The smallest absolute Gasteiger partial charge is 0.267 e. The fourth-order valence-corrected chi connectivity index (χ4v) is 2.44. The van der Waals surface area contributed by atoms with E-state index in [1.807, 2.05) is 0 Å². The second-order valence-electron chi connectivity index (χ2n) is 5.70. The van der Waals surface area contributed by atoms with Gasteiger partial charge in [-0.15, -0.1) is 0 Å². The number of carbonyl (C=O) groups is 1. The number of ether oxygens (including phenoxy) is 1. The predicted molar refractivity (Wildman–Crippen MR) is 84.0 cm³/mol. The van der Waals surface area contributed by atoms with Crippen molar-refractivity contribution in [1.82, 2.24) is 15.1 Å². The van der Waals surface area contributed by atoms with Gasteiger partial charge in [-0.25, -0.2) is 4.68 Å². The molecule has 0 spiro atoms. The minimum atomic E-state index is -0.268. The van der Waals surface area contributed by atoms with E-state index in [1.54, 1.807) is 13.2 Å². The van der Waals surface area contributed by atoms with E-state index in [0.717, 1.165) is 37.7 Å². The lowest BCUT2D eigenvalue weighted by Gasteiger charge is -2.31. The number of hydrogen-bond acceptors (Lipinski definition) is 5. The monoisotopic (exact) mass is 308 g/mol. The Hall–Kier alpha value is -1.89. The van der Waals surface area contributed by atoms with E-state index in [0.29, 0.717) is 13.2 Å². The molecule has 1 N–H and O–H groups in total. The zero-order valence-corrected chi connectivity index (χ0v) is 13.2. The molecule has 1 aromatic rings. The van der Waals surface area contributed by atoms with Crippen LogP contribution < -0.4 is 15.8 Å². The second-order valence-corrected chi connectivity index (χ2v) is 5.70. The van der Waals surface area contributed by atoms with Gasteiger partial charge < -0.3 is 15.0 Å². The Morgan fingerprint density at radius 3 is 2.82 bits per heavy atom. The molecular weight excluding hydrogens is 284 g/mol. The fraction of sp³-hybridized carbons (Fsp3) is 0.667. The highest BCUT2D eigenvalue weighted by Crippen LogP contribution is 2.20. The highest BCUT2D eigenvalue weighted by Gasteiger charge is 2.18. The first-order valence-electron chi connectivity index (χ1n) is 7.69. The molecule has 7 heteroatoms. The Labute approximate surface area is 130 Å². The molecule has 0 saturated carbocycles. The minimum absolute atomic E-state index is 0.0688. The van der Waals surface area contributed by atoms with E-state index in [2.05, 4.69) is 22.2 Å². The normalized spacial score (nSPS) is 15.8. The van der Waals surface area contributed by atoms with Crippen LogP contribution in [0.5, 0.6) is 0 Å². The van der Waals surface area contributed by atoms with Crippen LogP contribution in [0.25, 0.3) is 0 Å². The van der Waals surface area contributed by atoms with Gasteiger partial charge in [-0.1, -0.05) is 6.92 Å². The first kappa shape index (κ1) is 16.5. The van der Waals surface area contributed by atoms with E-state index in [1.165, 1.54) is 10.7 Å². The molecule has 1 aromatic heterocycles. The highest BCUT2D eigenvalue weighted by molar-refractivity contribution is 5.75. The van der Waals surface area contributed by atoms with Crippen molar-refractivity contribution in [2.45, 2.75) is 26.3 Å². The first-order chi connectivity index (χ1) is 10.6. The average molecular weight is 308 g/mol. The van der Waals surface area contributed by atoms with Gasteiger partial charge in [0, 0.05) is 32.8 Å². The van der Waals surface area contributed by atoms with Gasteiger partial charge >= 0.3 is 0 Å². The van der Waals surface area contributed by atoms with Gasteiger partial charge in [0.05, 0.1) is 6.61 Å². The average Bonchev–Trinajstić information content (AvgIpc) is 2.51. The Morgan fingerprint density at radius 2 is 2.14 bits per heavy atom. The Kier molecular flexibility index (Phi) is 5.94. The Balaban J connectivity index is 2.00. The fourth-order valence-electron chi connectivity index (χ4n) is 2.44. The molecule has 2 rings (SSSR count). The molecule has 0 radical (unpaired) electrons. The molecule has 2 heterocycles. The zero-order valence-electron chi connectivity index (χ0n) is 13.2. The second kappa shape index (κ2) is 7.93. The van der Waals surface area contributed by atoms with Crippen molar-refractivity contribution in [1.29, 1.82) is 0 Å². The summed E-state index contributed by atoms with van der Waals surface area (Å²) >= 11 is 0. The van der Waals surface area contributed by atoms with E-state index in [4.69, 9.17) is 4.74 Å². The van der Waals surface area contributed by atoms with Crippen LogP contribution in [0, 0.1) is 5.92 Å². The Morgan fingerprint density at radius 1 is 1.41 bits per heavy atom. The molecule has 22 heavy (non-hydrogen) atoms. The van der Waals surface area contributed by atoms with Crippen LogP contribution in [0.4, 0.5) is 5.82 Å². The summed E-state index contributed by atoms with van der Waals surface area (Å²) in [6, 6.07) is 3.21. The topological polar surface area (TPSA) is 76.5 Å². The van der Waals surface area contributed by atoms with Gasteiger partial charge in [0.15, 0.2) is 0 Å². The van der Waals surface area contributed by atoms with Crippen molar-refractivity contribution in [2.75, 3.05) is 38.3 Å². The van der Waals surface area contributed by atoms with Crippen LogP contribution in [0.3, 0.4) is 0 Å². The third-order valence-corrected chi connectivity index (χ3v) is 3.88. The number of anilines is 1. The van der Waals surface area contributed by atoms with Crippen LogP contribution in [0.2, 0.25) is 0 Å². The summed E-state index contributed by atoms with van der Waals surface area (Å²) in [4.78, 5) is 25.8. The third kappa shape index (κ3) is 4.56. The van der Waals surface area contributed by atoms with E-state index >= 15 is 0 Å². The van der Waals surface area contributed by atoms with Gasteiger partial charge in [0.25, 0.3) is 5.56 Å². The summed E-state index contributed by atoms with van der Waals surface area (Å²) in [5, 5.41) is 7.01. The molecule has 0 atom stereocenters. The van der Waals surface area contributed by atoms with Crippen LogP contribution in [0.15, 0.2) is 16.9 Å². The molecule has 1 saturated heterocycles. The lowest BCUT2D eigenvalue weighted by molar-refractivity contribution is -0.122. The summed E-state index contributed by atoms with van der Waals surface area (Å²) < 4.78 is 6.09. The van der Waals surface area contributed by atoms with Crippen molar-refractivity contribution in [3.05, 3.63) is 22.5 Å². The number of nitrogens with one attached hydrogen (secondary N) is 1. The zero-order chi connectivity index (χ0) is 15.9. The maximum atomic E-state index is 11.8. The molecule has 122 valence electrons. The summed E-state index contributed by atoms with van der Waals surface area (Å²) in [6.07, 6.45) is 2.25. The molecular formula is C15H24N4O3. The molecule has 0 unspecified atom stereocenters. The van der Waals surface area contributed by atoms with Crippen molar-refractivity contribution in [3.8, 4) is 0 Å². The van der Waals surface area contributed by atoms with Crippen molar-refractivity contribution < 1.29 is 9.53 Å². The summed E-state index contributed by atoms with van der Waals surface area (Å²) in [5.74, 6) is 1.25. The standard InChI is InChI=1S/C15H24N4O3/c1-12-5-8-18(9-6-12)13-3-4-15(21)19(17-13)11-14(20)16-7-10-22-2/h3-4,12H,5-11H2,1-2H3,(H,16,20). The highest BCUT2D eigenvalue weighted by atomic mass is 16.5. The maximum Gasteiger partial charge on any atom is 0.267 e. The van der Waals surface area contributed by atoms with Crippen LogP contribution in [-0.4, -0.2) is 49.0 Å². The molecule has 0 bridgehead atoms. The lowest BCUT2D eigenvalue weighted by Crippen LogP contribution is -2.38. The van der Waals surface area contributed by atoms with Gasteiger partial charge in [0.2, 0.25) is 5.91 Å². The first-order valence-corrected chi connectivity index (χ1v) is 7.69. The number of amides is 1. The van der Waals surface area contributed by atoms with Crippen molar-refractivity contribution in [2.24, 2.45) is 5.92 Å². The van der Waals surface area contributed by atoms with Gasteiger partial charge in [-0.2, -0.15) is 5.10 Å². The third-order valence-electron chi connectivity index (χ3n) is 3.88. The molecule has 7 nitrogen and oxygen atoms in total. The number of nitrogens with zero attached hydrogens (tertiary/aromatic N) is 3. The van der Waals surface area contributed by atoms with Crippen molar-refractivity contribution >= 4 is 11.7 Å². The van der Waals surface area contributed by atoms with E-state index < -0.39 is 0 Å². The summed E-state index contributed by atoms with van der Waals surface area (Å²) in [7, 11) is 1.57. The van der Waals surface area contributed by atoms with E-state index in [-0.39, 0.29) is 18.0 Å². The van der Waals surface area contributed by atoms with Crippen LogP contribution in [-0.2, 0) is 16.1 Å². The number of aromatic nitrogens is 2. The number of methoxy groups -OCH3 is 1. The van der Waals surface area contributed by atoms with Crippen molar-refractivity contribution in [3.63, 3.8) is 0 Å². The SMILES string of the molecule is COCCNC(=O)Cn1nc(N2CCC(C)CC2)ccc1=O. The Bertz CT molecular complexity index is 550. The molecule has 1 aliphatic rings. The molecule has 1 amide bonds. The lowest BCUT2D eigenvalue weighted by atomic mass is 9.99. The molecule has 1 fully saturated rings. The molecule has 1 aliphatic heterocycles. The van der Waals surface area contributed by atoms with E-state index in [9.17, 15) is 9.59 Å². The van der Waals surface area contributed by atoms with Crippen LogP contribution in [0.1, 0.15) is 19.8 Å². The number of rotatable bonds is 6. The number of hydrogen-bond donors (Lipinski definition) is 1. The van der Waals surface area contributed by atoms with Gasteiger partial charge in [-0.05, 0) is 24.8 Å². The largest absolute Gasteiger partial charge is 0.383 e. The summed E-state index contributed by atoms with van der Waals surface area (Å²) in [5.41, 5.74) is -0.268. The number of carbonyl (C=O) groups excluding carboxylic acids is 1. The van der Waals surface area contributed by atoms with Crippen LogP contribution >= 0.6 is 0 Å². The number of piperidine rings is 1. The van der Waals surface area contributed by atoms with Gasteiger partial charge in [-0.3, -0.25) is 9.59 Å². The predicted octanol–water partition coefficient (Wildman–Crippen LogP) is 0.242. The van der Waals surface area contributed by atoms with Gasteiger partial charge in [0.1, 0.15) is 12.4 Å². The maximum absolute atomic E-state index is 11.8.